The first-order chi connectivity index (χ1) is 8.19. The summed E-state index contributed by atoms with van der Waals surface area (Å²) in [5.74, 6) is 1.26. The molecule has 0 bridgehead atoms. The second kappa shape index (κ2) is 4.97. The van der Waals surface area contributed by atoms with Gasteiger partial charge in [0, 0.05) is 18.3 Å². The Hall–Kier alpha value is -1.88. The van der Waals surface area contributed by atoms with Gasteiger partial charge < -0.3 is 14.7 Å². The molecule has 2 rings (SSSR count). The number of anilines is 1. The Morgan fingerprint density at radius 1 is 1.24 bits per heavy atom. The van der Waals surface area contributed by atoms with E-state index in [0.717, 1.165) is 11.3 Å². The Labute approximate surface area is 100 Å². The summed E-state index contributed by atoms with van der Waals surface area (Å²) in [7, 11) is 5.83. The molecule has 0 radical (unpaired) electrons. The van der Waals surface area contributed by atoms with E-state index in [1.165, 1.54) is 0 Å². The molecule has 2 aromatic rings. The number of aromatic nitrogens is 2. The van der Waals surface area contributed by atoms with Crippen molar-refractivity contribution in [1.29, 1.82) is 0 Å². The minimum atomic E-state index is 0.560. The van der Waals surface area contributed by atoms with Crippen LogP contribution in [0, 0.1) is 0 Å². The molecule has 1 aromatic carbocycles. The Morgan fingerprint density at radius 3 is 2.53 bits per heavy atom. The molecule has 0 saturated heterocycles. The molecule has 0 aliphatic rings. The quantitative estimate of drug-likeness (QED) is 0.871. The lowest BCUT2D eigenvalue weighted by Gasteiger charge is -2.03. The molecule has 1 aromatic heterocycles. The van der Waals surface area contributed by atoms with E-state index in [-0.39, 0.29) is 0 Å². The van der Waals surface area contributed by atoms with Gasteiger partial charge in [0.25, 0.3) is 5.89 Å². The van der Waals surface area contributed by atoms with Crippen LogP contribution < -0.4 is 5.32 Å². The zero-order valence-electron chi connectivity index (χ0n) is 10.3. The van der Waals surface area contributed by atoms with Crippen molar-refractivity contribution >= 4 is 5.69 Å². The van der Waals surface area contributed by atoms with E-state index in [1.54, 1.807) is 0 Å². The van der Waals surface area contributed by atoms with Gasteiger partial charge in [0.2, 0.25) is 0 Å². The van der Waals surface area contributed by atoms with Gasteiger partial charge in [-0.25, -0.2) is 0 Å². The van der Waals surface area contributed by atoms with Crippen LogP contribution >= 0.6 is 0 Å². The first-order valence-corrected chi connectivity index (χ1v) is 5.44. The smallest absolute Gasteiger partial charge is 0.257 e. The summed E-state index contributed by atoms with van der Waals surface area (Å²) in [5.41, 5.74) is 1.99. The van der Waals surface area contributed by atoms with Gasteiger partial charge in [-0.05, 0) is 38.4 Å². The van der Waals surface area contributed by atoms with Crippen LogP contribution in [0.2, 0.25) is 0 Å². The van der Waals surface area contributed by atoms with Crippen molar-refractivity contribution in [3.63, 3.8) is 0 Å². The Morgan fingerprint density at radius 2 is 1.94 bits per heavy atom. The van der Waals surface area contributed by atoms with E-state index in [4.69, 9.17) is 4.52 Å². The first-order valence-electron chi connectivity index (χ1n) is 5.44. The average Bonchev–Trinajstić information content (AvgIpc) is 2.77. The van der Waals surface area contributed by atoms with Crippen molar-refractivity contribution in [1.82, 2.24) is 15.0 Å². The highest BCUT2D eigenvalue weighted by Gasteiger charge is 2.08. The van der Waals surface area contributed by atoms with Gasteiger partial charge >= 0.3 is 0 Å². The van der Waals surface area contributed by atoms with Gasteiger partial charge in [0.05, 0.1) is 6.54 Å². The van der Waals surface area contributed by atoms with Crippen LogP contribution in [-0.4, -0.2) is 36.2 Å². The molecule has 17 heavy (non-hydrogen) atoms. The van der Waals surface area contributed by atoms with Crippen molar-refractivity contribution < 1.29 is 4.52 Å². The van der Waals surface area contributed by atoms with Gasteiger partial charge in [-0.2, -0.15) is 4.98 Å². The molecule has 0 unspecified atom stereocenters. The molecule has 0 saturated carbocycles. The SMILES string of the molecule is CNc1ccc(-c2nc(CN(C)C)no2)cc1. The lowest BCUT2D eigenvalue weighted by Crippen LogP contribution is -2.11. The van der Waals surface area contributed by atoms with Crippen molar-refractivity contribution in [3.8, 4) is 11.5 Å². The van der Waals surface area contributed by atoms with Crippen LogP contribution in [0.5, 0.6) is 0 Å². The predicted octanol–water partition coefficient (Wildman–Crippen LogP) is 1.84. The van der Waals surface area contributed by atoms with Gasteiger partial charge in [0.1, 0.15) is 0 Å². The van der Waals surface area contributed by atoms with Crippen LogP contribution in [0.1, 0.15) is 5.82 Å². The van der Waals surface area contributed by atoms with E-state index in [9.17, 15) is 0 Å². The Balaban J connectivity index is 2.18. The van der Waals surface area contributed by atoms with Crippen LogP contribution in [0.3, 0.4) is 0 Å². The molecule has 90 valence electrons. The van der Waals surface area contributed by atoms with Crippen LogP contribution in [0.4, 0.5) is 5.69 Å². The molecule has 1 N–H and O–H groups in total. The lowest BCUT2D eigenvalue weighted by molar-refractivity contribution is 0.365. The fraction of sp³-hybridized carbons (Fsp3) is 0.333. The summed E-state index contributed by atoms with van der Waals surface area (Å²) >= 11 is 0. The molecular formula is C12H16N4O. The normalized spacial score (nSPS) is 10.8. The van der Waals surface area contributed by atoms with Gasteiger partial charge in [0.15, 0.2) is 5.82 Å². The number of hydrogen-bond donors (Lipinski definition) is 1. The molecule has 0 spiro atoms. The van der Waals surface area contributed by atoms with E-state index in [2.05, 4.69) is 15.5 Å². The van der Waals surface area contributed by atoms with Crippen LogP contribution in [0.25, 0.3) is 11.5 Å². The topological polar surface area (TPSA) is 54.2 Å². The molecule has 0 aliphatic heterocycles. The molecule has 0 fully saturated rings. The van der Waals surface area contributed by atoms with Crippen molar-refractivity contribution in [3.05, 3.63) is 30.1 Å². The monoisotopic (exact) mass is 232 g/mol. The third-order valence-electron chi connectivity index (χ3n) is 2.35. The Kier molecular flexibility index (Phi) is 3.39. The van der Waals surface area contributed by atoms with Crippen molar-refractivity contribution in [2.24, 2.45) is 0 Å². The van der Waals surface area contributed by atoms with Gasteiger partial charge in [-0.1, -0.05) is 5.16 Å². The minimum absolute atomic E-state index is 0.560. The summed E-state index contributed by atoms with van der Waals surface area (Å²) in [6.07, 6.45) is 0. The number of hydrogen-bond acceptors (Lipinski definition) is 5. The summed E-state index contributed by atoms with van der Waals surface area (Å²) in [6, 6.07) is 7.87. The van der Waals surface area contributed by atoms with Gasteiger partial charge in [-0.3, -0.25) is 0 Å². The van der Waals surface area contributed by atoms with Crippen LogP contribution in [-0.2, 0) is 6.54 Å². The van der Waals surface area contributed by atoms with Gasteiger partial charge in [-0.15, -0.1) is 0 Å². The highest BCUT2D eigenvalue weighted by molar-refractivity contribution is 5.58. The first kappa shape index (κ1) is 11.6. The molecular weight excluding hydrogens is 216 g/mol. The molecule has 5 heteroatoms. The molecule has 0 amide bonds. The van der Waals surface area contributed by atoms with Crippen molar-refractivity contribution in [2.75, 3.05) is 26.5 Å². The third kappa shape index (κ3) is 2.82. The largest absolute Gasteiger partial charge is 0.388 e. The highest BCUT2D eigenvalue weighted by Crippen LogP contribution is 2.19. The fourth-order valence-electron chi connectivity index (χ4n) is 1.50. The van der Waals surface area contributed by atoms with E-state index < -0.39 is 0 Å². The molecule has 0 aliphatic carbocycles. The molecule has 5 nitrogen and oxygen atoms in total. The maximum atomic E-state index is 5.22. The number of rotatable bonds is 4. The second-order valence-corrected chi connectivity index (χ2v) is 4.08. The molecule has 1 heterocycles. The highest BCUT2D eigenvalue weighted by atomic mass is 16.5. The maximum absolute atomic E-state index is 5.22. The maximum Gasteiger partial charge on any atom is 0.257 e. The number of nitrogens with zero attached hydrogens (tertiary/aromatic N) is 3. The van der Waals surface area contributed by atoms with Crippen LogP contribution in [0.15, 0.2) is 28.8 Å². The predicted molar refractivity (Wildman–Crippen MR) is 66.7 cm³/mol. The van der Waals surface area contributed by atoms with E-state index >= 15 is 0 Å². The zero-order chi connectivity index (χ0) is 12.3. The van der Waals surface area contributed by atoms with E-state index in [1.807, 2.05) is 50.3 Å². The lowest BCUT2D eigenvalue weighted by atomic mass is 10.2. The summed E-state index contributed by atoms with van der Waals surface area (Å²) in [6.45, 7) is 0.679. The van der Waals surface area contributed by atoms with E-state index in [0.29, 0.717) is 18.3 Å². The zero-order valence-corrected chi connectivity index (χ0v) is 10.3. The summed E-state index contributed by atoms with van der Waals surface area (Å²) in [4.78, 5) is 6.34. The summed E-state index contributed by atoms with van der Waals surface area (Å²) < 4.78 is 5.22. The third-order valence-corrected chi connectivity index (χ3v) is 2.35. The second-order valence-electron chi connectivity index (χ2n) is 4.08. The average molecular weight is 232 g/mol. The number of nitrogens with one attached hydrogen (secondary N) is 1. The minimum Gasteiger partial charge on any atom is -0.388 e. The molecule has 0 atom stereocenters. The standard InChI is InChI=1S/C12H16N4O/c1-13-10-6-4-9(5-7-10)12-14-11(15-17-12)8-16(2)3/h4-7,13H,8H2,1-3H3. The van der Waals surface area contributed by atoms with Crippen molar-refractivity contribution in [2.45, 2.75) is 6.54 Å². The fourth-order valence-corrected chi connectivity index (χ4v) is 1.50. The number of benzene rings is 1. The Bertz CT molecular complexity index is 476. The summed E-state index contributed by atoms with van der Waals surface area (Å²) in [5, 5.41) is 7.00.